The van der Waals surface area contributed by atoms with Crippen LogP contribution < -0.4 is 11.1 Å². The number of halogens is 2. The summed E-state index contributed by atoms with van der Waals surface area (Å²) < 4.78 is 1.65. The molecule has 7 heteroatoms. The summed E-state index contributed by atoms with van der Waals surface area (Å²) in [6.45, 7) is 0. The monoisotopic (exact) mass is 459 g/mol. The largest absolute Gasteiger partial charge is 0.409 e. The second-order valence-electron chi connectivity index (χ2n) is 4.11. The average Bonchev–Trinajstić information content (AvgIpc) is 2.49. The molecule has 0 aromatic heterocycles. The van der Waals surface area contributed by atoms with Crippen LogP contribution in [-0.2, 0) is 0 Å². The van der Waals surface area contributed by atoms with Crippen LogP contribution in [0.25, 0.3) is 0 Å². The van der Waals surface area contributed by atoms with Crippen LogP contribution >= 0.6 is 38.5 Å². The number of oxime groups is 1. The van der Waals surface area contributed by atoms with Gasteiger partial charge in [0.1, 0.15) is 0 Å². The summed E-state index contributed by atoms with van der Waals surface area (Å²) in [6.07, 6.45) is 0. The van der Waals surface area contributed by atoms with E-state index in [1.165, 1.54) is 0 Å². The van der Waals surface area contributed by atoms with Crippen molar-refractivity contribution in [3.8, 4) is 0 Å². The van der Waals surface area contributed by atoms with E-state index in [0.717, 1.165) is 3.57 Å². The molecule has 0 fully saturated rings. The summed E-state index contributed by atoms with van der Waals surface area (Å²) in [5.74, 6) is -0.341. The van der Waals surface area contributed by atoms with E-state index in [-0.39, 0.29) is 11.7 Å². The zero-order valence-corrected chi connectivity index (χ0v) is 14.4. The highest BCUT2D eigenvalue weighted by molar-refractivity contribution is 14.1. The minimum atomic E-state index is -0.279. The molecule has 0 saturated carbocycles. The molecule has 0 aliphatic rings. The molecule has 0 spiro atoms. The number of carbonyl (C=O) groups excluding carboxylic acids is 1. The van der Waals surface area contributed by atoms with E-state index in [0.29, 0.717) is 21.3 Å². The van der Waals surface area contributed by atoms with Crippen molar-refractivity contribution in [2.45, 2.75) is 0 Å². The molecule has 0 saturated heterocycles. The number of nitrogens with two attached hydrogens (primary N) is 1. The van der Waals surface area contributed by atoms with E-state index in [1.54, 1.807) is 30.3 Å². The maximum atomic E-state index is 12.4. The summed E-state index contributed by atoms with van der Waals surface area (Å²) in [5.41, 5.74) is 7.04. The minimum absolute atomic E-state index is 0.0624. The lowest BCUT2D eigenvalue weighted by molar-refractivity contribution is 0.102. The van der Waals surface area contributed by atoms with Gasteiger partial charge in [-0.05, 0) is 68.9 Å². The summed E-state index contributed by atoms with van der Waals surface area (Å²) in [4.78, 5) is 12.4. The van der Waals surface area contributed by atoms with Gasteiger partial charge < -0.3 is 16.3 Å². The average molecular weight is 460 g/mol. The number of amidine groups is 1. The Kier molecular flexibility index (Phi) is 5.18. The normalized spacial score (nSPS) is 11.2. The number of nitrogens with zero attached hydrogens (tertiary/aromatic N) is 1. The van der Waals surface area contributed by atoms with Crippen molar-refractivity contribution < 1.29 is 10.0 Å². The van der Waals surface area contributed by atoms with Crippen LogP contribution in [0.5, 0.6) is 0 Å². The zero-order valence-electron chi connectivity index (χ0n) is 10.7. The number of nitrogens with one attached hydrogen (secondary N) is 1. The molecule has 0 unspecified atom stereocenters. The SMILES string of the molecule is N/C(=N/O)c1ccccc1NC(=O)c1cc(I)ccc1Br. The molecule has 0 heterocycles. The Morgan fingerprint density at radius 1 is 1.24 bits per heavy atom. The number of hydrogen-bond acceptors (Lipinski definition) is 3. The highest BCUT2D eigenvalue weighted by Crippen LogP contribution is 2.22. The zero-order chi connectivity index (χ0) is 15.4. The van der Waals surface area contributed by atoms with Crippen LogP contribution in [-0.4, -0.2) is 17.0 Å². The van der Waals surface area contributed by atoms with Crippen LogP contribution in [0.2, 0.25) is 0 Å². The maximum absolute atomic E-state index is 12.4. The fourth-order valence-corrected chi connectivity index (χ4v) is 2.65. The van der Waals surface area contributed by atoms with Gasteiger partial charge in [-0.3, -0.25) is 4.79 Å². The van der Waals surface area contributed by atoms with E-state index >= 15 is 0 Å². The molecular formula is C14H11BrIN3O2. The summed E-state index contributed by atoms with van der Waals surface area (Å²) in [5, 5.41) is 14.5. The van der Waals surface area contributed by atoms with Gasteiger partial charge >= 0.3 is 0 Å². The fourth-order valence-electron chi connectivity index (χ4n) is 1.73. The number of para-hydroxylation sites is 1. The van der Waals surface area contributed by atoms with E-state index in [9.17, 15) is 4.79 Å². The third-order valence-electron chi connectivity index (χ3n) is 2.73. The third-order valence-corrected chi connectivity index (χ3v) is 4.09. The lowest BCUT2D eigenvalue weighted by Crippen LogP contribution is -2.19. The molecule has 4 N–H and O–H groups in total. The van der Waals surface area contributed by atoms with E-state index in [2.05, 4.69) is 49.0 Å². The van der Waals surface area contributed by atoms with Gasteiger partial charge in [-0.2, -0.15) is 0 Å². The minimum Gasteiger partial charge on any atom is -0.409 e. The smallest absolute Gasteiger partial charge is 0.256 e. The number of rotatable bonds is 3. The first-order valence-electron chi connectivity index (χ1n) is 5.86. The standard InChI is InChI=1S/C14H11BrIN3O2/c15-11-6-5-8(16)7-10(11)14(20)18-12-4-2-1-3-9(12)13(17)19-21/h1-7,21H,(H2,17,19)(H,18,20). The number of anilines is 1. The number of amides is 1. The molecule has 0 atom stereocenters. The Balaban J connectivity index is 2.34. The molecule has 2 aromatic carbocycles. The Labute approximate surface area is 143 Å². The number of carbonyl (C=O) groups is 1. The molecule has 0 radical (unpaired) electrons. The summed E-state index contributed by atoms with van der Waals surface area (Å²) in [7, 11) is 0. The van der Waals surface area contributed by atoms with Gasteiger partial charge in [0.05, 0.1) is 11.3 Å². The Bertz CT molecular complexity index is 719. The summed E-state index contributed by atoms with van der Waals surface area (Å²) in [6, 6.07) is 12.3. The van der Waals surface area contributed by atoms with Gasteiger partial charge in [-0.15, -0.1) is 0 Å². The Morgan fingerprint density at radius 3 is 2.67 bits per heavy atom. The van der Waals surface area contributed by atoms with Crippen LogP contribution in [0, 0.1) is 3.57 Å². The third kappa shape index (κ3) is 3.73. The molecule has 2 aromatic rings. The van der Waals surface area contributed by atoms with Gasteiger partial charge in [0.25, 0.3) is 5.91 Å². The van der Waals surface area contributed by atoms with E-state index in [1.807, 2.05) is 12.1 Å². The molecule has 1 amide bonds. The molecule has 0 aliphatic heterocycles. The second kappa shape index (κ2) is 6.90. The lowest BCUT2D eigenvalue weighted by atomic mass is 10.1. The molecule has 0 aliphatic carbocycles. The van der Waals surface area contributed by atoms with Crippen LogP contribution in [0.4, 0.5) is 5.69 Å². The van der Waals surface area contributed by atoms with Gasteiger partial charge in [0, 0.05) is 13.6 Å². The van der Waals surface area contributed by atoms with Crippen molar-refractivity contribution in [3.05, 3.63) is 61.6 Å². The Hall–Kier alpha value is -1.61. The van der Waals surface area contributed by atoms with Gasteiger partial charge in [0.2, 0.25) is 0 Å². The molecule has 21 heavy (non-hydrogen) atoms. The molecule has 5 nitrogen and oxygen atoms in total. The van der Waals surface area contributed by atoms with Crippen molar-refractivity contribution in [1.29, 1.82) is 0 Å². The second-order valence-corrected chi connectivity index (χ2v) is 6.21. The molecular weight excluding hydrogens is 449 g/mol. The molecule has 108 valence electrons. The van der Waals surface area contributed by atoms with E-state index < -0.39 is 0 Å². The quantitative estimate of drug-likeness (QED) is 0.216. The van der Waals surface area contributed by atoms with Gasteiger partial charge in [-0.25, -0.2) is 0 Å². The maximum Gasteiger partial charge on any atom is 0.256 e. The van der Waals surface area contributed by atoms with Crippen LogP contribution in [0.1, 0.15) is 15.9 Å². The first-order chi connectivity index (χ1) is 10.0. The Morgan fingerprint density at radius 2 is 1.95 bits per heavy atom. The van der Waals surface area contributed by atoms with Gasteiger partial charge in [0.15, 0.2) is 5.84 Å². The van der Waals surface area contributed by atoms with Crippen LogP contribution in [0.3, 0.4) is 0 Å². The topological polar surface area (TPSA) is 87.7 Å². The lowest BCUT2D eigenvalue weighted by Gasteiger charge is -2.11. The highest BCUT2D eigenvalue weighted by atomic mass is 127. The van der Waals surface area contributed by atoms with Gasteiger partial charge in [-0.1, -0.05) is 17.3 Å². The molecule has 0 bridgehead atoms. The predicted octanol–water partition coefficient (Wildman–Crippen LogP) is 3.40. The van der Waals surface area contributed by atoms with Crippen molar-refractivity contribution in [2.24, 2.45) is 10.9 Å². The van der Waals surface area contributed by atoms with E-state index in [4.69, 9.17) is 10.9 Å². The fraction of sp³-hybridized carbons (Fsp3) is 0. The highest BCUT2D eigenvalue weighted by Gasteiger charge is 2.14. The van der Waals surface area contributed by atoms with Crippen LogP contribution in [0.15, 0.2) is 52.1 Å². The number of hydrogen-bond donors (Lipinski definition) is 3. The van der Waals surface area contributed by atoms with Crippen molar-refractivity contribution in [2.75, 3.05) is 5.32 Å². The number of benzene rings is 2. The summed E-state index contributed by atoms with van der Waals surface area (Å²) >= 11 is 5.49. The first kappa shape index (κ1) is 15.8. The van der Waals surface area contributed by atoms with Crippen molar-refractivity contribution >= 4 is 56.0 Å². The van der Waals surface area contributed by atoms with Crippen molar-refractivity contribution in [1.82, 2.24) is 0 Å². The first-order valence-corrected chi connectivity index (χ1v) is 7.73. The predicted molar refractivity (Wildman–Crippen MR) is 93.8 cm³/mol. The molecule has 2 rings (SSSR count). The van der Waals surface area contributed by atoms with Crippen molar-refractivity contribution in [3.63, 3.8) is 0 Å².